The Kier molecular flexibility index (Phi) is 6.23. The molecule has 1 aliphatic rings. The predicted molar refractivity (Wildman–Crippen MR) is 110 cm³/mol. The zero-order valence-corrected chi connectivity index (χ0v) is 17.8. The van der Waals surface area contributed by atoms with Gasteiger partial charge in [-0.2, -0.15) is 0 Å². The van der Waals surface area contributed by atoms with Gasteiger partial charge in [0.05, 0.1) is 0 Å². The molecule has 0 unspecified atom stereocenters. The van der Waals surface area contributed by atoms with Crippen molar-refractivity contribution in [3.63, 3.8) is 0 Å². The van der Waals surface area contributed by atoms with Crippen molar-refractivity contribution in [2.45, 2.75) is 51.0 Å². The van der Waals surface area contributed by atoms with E-state index in [1.54, 1.807) is 12.1 Å². The second kappa shape index (κ2) is 8.45. The molecule has 2 aromatic carbocycles. The van der Waals surface area contributed by atoms with Gasteiger partial charge in [0.1, 0.15) is 0 Å². The zero-order valence-electron chi connectivity index (χ0n) is 16.1. The molecule has 0 radical (unpaired) electrons. The first-order chi connectivity index (χ1) is 12.8. The van der Waals surface area contributed by atoms with Gasteiger partial charge < -0.3 is 0 Å². The quantitative estimate of drug-likeness (QED) is 0.379. The topological polar surface area (TPSA) is 52.4 Å². The summed E-state index contributed by atoms with van der Waals surface area (Å²) in [6.45, 7) is 6.93. The third-order valence-corrected chi connectivity index (χ3v) is 8.23. The van der Waals surface area contributed by atoms with Crippen LogP contribution in [0.4, 0.5) is 5.69 Å². The van der Waals surface area contributed by atoms with Crippen LogP contribution in [-0.2, 0) is 0 Å². The average molecular weight is 432 g/mol. The van der Waals surface area contributed by atoms with Crippen LogP contribution in [0.2, 0.25) is 4.82 Å². The molecule has 0 aromatic heterocycles. The molecule has 0 heterocycles. The fraction of sp³-hybridized carbons (Fsp3) is 0.455. The van der Waals surface area contributed by atoms with Gasteiger partial charge in [-0.3, -0.25) is 0 Å². The van der Waals surface area contributed by atoms with Crippen LogP contribution < -0.4 is 9.20 Å². The van der Waals surface area contributed by atoms with Gasteiger partial charge >= 0.3 is 168 Å². The van der Waals surface area contributed by atoms with E-state index in [-0.39, 0.29) is 22.1 Å². The molecule has 3 atom stereocenters. The Bertz CT molecular complexity index is 755. The van der Waals surface area contributed by atoms with E-state index in [4.69, 9.17) is 4.74 Å². The number of rotatable bonds is 5. The number of hydrogen-bond donors (Lipinski definition) is 0. The van der Waals surface area contributed by atoms with Crippen LogP contribution in [0.25, 0.3) is 0 Å². The summed E-state index contributed by atoms with van der Waals surface area (Å²) in [5.74, 6) is 1.36. The van der Waals surface area contributed by atoms with Crippen LogP contribution in [0.1, 0.15) is 40.0 Å². The third-order valence-electron chi connectivity index (χ3n) is 5.32. The molecular weight excluding hydrogens is 405 g/mol. The molecule has 2 aromatic rings. The van der Waals surface area contributed by atoms with Gasteiger partial charge in [-0.25, -0.2) is 0 Å². The number of non-ortho nitro benzene ring substituents is 1. The van der Waals surface area contributed by atoms with Gasteiger partial charge in [0, 0.05) is 0 Å². The van der Waals surface area contributed by atoms with Crippen molar-refractivity contribution in [1.29, 1.82) is 0 Å². The number of nitro benzene ring substituents is 1. The normalized spacial score (nSPS) is 23.0. The summed E-state index contributed by atoms with van der Waals surface area (Å²) in [6.07, 6.45) is 3.61. The van der Waals surface area contributed by atoms with Crippen LogP contribution in [0, 0.1) is 21.4 Å². The molecule has 4 nitrogen and oxygen atoms in total. The van der Waals surface area contributed by atoms with Crippen LogP contribution in [0.5, 0.6) is 5.75 Å². The van der Waals surface area contributed by atoms with Gasteiger partial charge in [-0.1, -0.05) is 0 Å². The summed E-state index contributed by atoms with van der Waals surface area (Å²) in [5, 5.41) is 10.9. The standard InChI is InChI=1S/C22H27NO3Se/c1-22(2,3)16-9-14-21(27-19-7-5-4-6-8-19)20(15-16)26-18-12-10-17(11-13-18)23(24)25/h4-8,10-13,16,20-21H,9,14-15H2,1-3H3/t16-,20+,21+/m0/s1. The van der Waals surface area contributed by atoms with E-state index in [2.05, 4.69) is 51.1 Å². The van der Waals surface area contributed by atoms with Crippen LogP contribution in [-0.4, -0.2) is 26.0 Å². The van der Waals surface area contributed by atoms with E-state index in [1.807, 2.05) is 0 Å². The van der Waals surface area contributed by atoms with Crippen LogP contribution >= 0.6 is 0 Å². The molecule has 1 aliphatic carbocycles. The zero-order chi connectivity index (χ0) is 19.4. The number of hydrogen-bond acceptors (Lipinski definition) is 3. The first-order valence-corrected chi connectivity index (χ1v) is 11.3. The fourth-order valence-corrected chi connectivity index (χ4v) is 6.24. The van der Waals surface area contributed by atoms with Crippen molar-refractivity contribution < 1.29 is 9.66 Å². The molecule has 0 amide bonds. The van der Waals surface area contributed by atoms with Crippen LogP contribution in [0.15, 0.2) is 54.6 Å². The van der Waals surface area contributed by atoms with Crippen molar-refractivity contribution in [3.8, 4) is 5.75 Å². The molecule has 0 saturated heterocycles. The molecule has 3 rings (SSSR count). The van der Waals surface area contributed by atoms with E-state index >= 15 is 0 Å². The van der Waals surface area contributed by atoms with E-state index in [9.17, 15) is 10.1 Å². The second-order valence-corrected chi connectivity index (χ2v) is 11.0. The minimum absolute atomic E-state index is 0.101. The maximum atomic E-state index is 10.9. The van der Waals surface area contributed by atoms with Crippen molar-refractivity contribution in [1.82, 2.24) is 0 Å². The summed E-state index contributed by atoms with van der Waals surface area (Å²) in [4.78, 5) is 11.0. The Hall–Kier alpha value is -1.84. The molecule has 0 aliphatic heterocycles. The summed E-state index contributed by atoms with van der Waals surface area (Å²) in [5.41, 5.74) is 0.366. The molecule has 0 spiro atoms. The van der Waals surface area contributed by atoms with E-state index in [1.165, 1.54) is 29.4 Å². The Morgan fingerprint density at radius 3 is 2.30 bits per heavy atom. The van der Waals surface area contributed by atoms with Crippen molar-refractivity contribution in [2.24, 2.45) is 11.3 Å². The van der Waals surface area contributed by atoms with Crippen molar-refractivity contribution in [2.75, 3.05) is 0 Å². The molecule has 0 N–H and O–H groups in total. The number of benzene rings is 2. The second-order valence-electron chi connectivity index (χ2n) is 8.25. The first kappa shape index (κ1) is 19.9. The van der Waals surface area contributed by atoms with Gasteiger partial charge in [0.15, 0.2) is 0 Å². The molecule has 5 heteroatoms. The monoisotopic (exact) mass is 433 g/mol. The van der Waals surface area contributed by atoms with Gasteiger partial charge in [0.2, 0.25) is 0 Å². The van der Waals surface area contributed by atoms with Gasteiger partial charge in [-0.05, 0) is 0 Å². The molecule has 1 fully saturated rings. The summed E-state index contributed by atoms with van der Waals surface area (Å²) in [6, 6.07) is 17.2. The molecule has 0 bridgehead atoms. The summed E-state index contributed by atoms with van der Waals surface area (Å²) >= 11 is 0.357. The fourth-order valence-electron chi connectivity index (χ4n) is 3.64. The Balaban J connectivity index is 1.76. The van der Waals surface area contributed by atoms with Gasteiger partial charge in [-0.15, -0.1) is 0 Å². The van der Waals surface area contributed by atoms with Crippen molar-refractivity contribution >= 4 is 25.1 Å². The minimum atomic E-state index is -0.374. The molecule has 1 saturated carbocycles. The number of nitrogens with zero attached hydrogens (tertiary/aromatic N) is 1. The van der Waals surface area contributed by atoms with E-state index in [0.717, 1.165) is 12.2 Å². The molecule has 27 heavy (non-hydrogen) atoms. The van der Waals surface area contributed by atoms with Crippen molar-refractivity contribution in [3.05, 3.63) is 64.7 Å². The summed E-state index contributed by atoms with van der Waals surface area (Å²) in [7, 11) is 0. The summed E-state index contributed by atoms with van der Waals surface area (Å²) < 4.78 is 7.80. The van der Waals surface area contributed by atoms with E-state index in [0.29, 0.717) is 25.7 Å². The van der Waals surface area contributed by atoms with E-state index < -0.39 is 0 Å². The third kappa shape index (κ3) is 5.33. The number of ether oxygens (including phenoxy) is 1. The Morgan fingerprint density at radius 2 is 1.70 bits per heavy atom. The average Bonchev–Trinajstić information content (AvgIpc) is 2.63. The van der Waals surface area contributed by atoms with Gasteiger partial charge in [0.25, 0.3) is 0 Å². The Morgan fingerprint density at radius 1 is 1.04 bits per heavy atom. The SMILES string of the molecule is CC(C)(C)[C@H]1CC[C@@H]([Se]c2ccccc2)[C@H](Oc2ccc([N+](=O)[O-])cc2)C1. The Labute approximate surface area is 167 Å². The molecular formula is C22H27NO3Se. The first-order valence-electron chi connectivity index (χ1n) is 9.46. The van der Waals surface area contributed by atoms with Crippen LogP contribution in [0.3, 0.4) is 0 Å². The molecule has 144 valence electrons. The maximum absolute atomic E-state index is 10.9. The predicted octanol–water partition coefficient (Wildman–Crippen LogP) is 5.01. The number of nitro groups is 1.